The van der Waals surface area contributed by atoms with Gasteiger partial charge in [-0.3, -0.25) is 4.79 Å². The summed E-state index contributed by atoms with van der Waals surface area (Å²) in [5, 5.41) is 8.78. The number of likely N-dealkylation sites (tertiary alicyclic amines) is 1. The van der Waals surface area contributed by atoms with Crippen LogP contribution >= 0.6 is 11.8 Å². The van der Waals surface area contributed by atoms with Gasteiger partial charge < -0.3 is 9.47 Å². The number of aryl methyl sites for hydroxylation is 1. The minimum Gasteiger partial charge on any atom is -0.341 e. The number of amides is 1. The van der Waals surface area contributed by atoms with Crippen molar-refractivity contribution >= 4 is 17.7 Å². The molecule has 26 heavy (non-hydrogen) atoms. The van der Waals surface area contributed by atoms with Gasteiger partial charge in [-0.05, 0) is 31.7 Å². The first-order valence-corrected chi connectivity index (χ1v) is 10.6. The molecule has 1 saturated heterocycles. The molecule has 0 aliphatic carbocycles. The van der Waals surface area contributed by atoms with Crippen molar-refractivity contribution in [2.24, 2.45) is 0 Å². The number of aromatic nitrogens is 3. The smallest absolute Gasteiger partial charge is 0.235 e. The number of nitrogens with zero attached hydrogens (tertiary/aromatic N) is 4. The van der Waals surface area contributed by atoms with Crippen LogP contribution < -0.4 is 0 Å². The fraction of sp³-hybridized carbons (Fsp3) is 0.550. The number of carbonyl (C=O) groups is 1. The van der Waals surface area contributed by atoms with Gasteiger partial charge in [-0.25, -0.2) is 0 Å². The molecule has 4 rings (SSSR count). The summed E-state index contributed by atoms with van der Waals surface area (Å²) in [5.41, 5.74) is 1.27. The van der Waals surface area contributed by atoms with Crippen LogP contribution in [0.25, 0.3) is 0 Å². The Bertz CT molecular complexity index is 760. The molecule has 2 aliphatic rings. The van der Waals surface area contributed by atoms with Crippen LogP contribution in [0.5, 0.6) is 0 Å². The highest BCUT2D eigenvalue weighted by molar-refractivity contribution is 7.99. The summed E-state index contributed by atoms with van der Waals surface area (Å²) in [7, 11) is 0. The van der Waals surface area contributed by atoms with Gasteiger partial charge in [0.1, 0.15) is 11.6 Å². The summed E-state index contributed by atoms with van der Waals surface area (Å²) < 4.78 is 2.28. The lowest BCUT2D eigenvalue weighted by Gasteiger charge is -2.33. The number of benzene rings is 1. The molecule has 6 heteroatoms. The summed E-state index contributed by atoms with van der Waals surface area (Å²) in [6, 6.07) is 10.4. The molecule has 0 radical (unpaired) electrons. The number of hydrogen-bond donors (Lipinski definition) is 0. The molecule has 0 saturated carbocycles. The summed E-state index contributed by atoms with van der Waals surface area (Å²) >= 11 is 1.73. The van der Waals surface area contributed by atoms with Gasteiger partial charge in [0.2, 0.25) is 5.91 Å². The zero-order valence-electron chi connectivity index (χ0n) is 15.3. The van der Waals surface area contributed by atoms with Crippen LogP contribution in [-0.4, -0.2) is 43.9 Å². The molecule has 0 unspecified atom stereocenters. The van der Waals surface area contributed by atoms with Crippen molar-refractivity contribution in [1.29, 1.82) is 0 Å². The van der Waals surface area contributed by atoms with E-state index in [1.807, 2.05) is 17.9 Å². The van der Waals surface area contributed by atoms with E-state index in [1.165, 1.54) is 12.0 Å². The predicted octanol–water partition coefficient (Wildman–Crippen LogP) is 3.25. The average Bonchev–Trinajstić information content (AvgIpc) is 3.30. The lowest BCUT2D eigenvalue weighted by Crippen LogP contribution is -2.43. The maximum Gasteiger partial charge on any atom is 0.235 e. The molecule has 1 aromatic heterocycles. The van der Waals surface area contributed by atoms with E-state index in [-0.39, 0.29) is 11.2 Å². The van der Waals surface area contributed by atoms with E-state index in [0.29, 0.717) is 5.92 Å². The Morgan fingerprint density at radius 3 is 2.92 bits per heavy atom. The third kappa shape index (κ3) is 3.65. The van der Waals surface area contributed by atoms with Gasteiger partial charge in [0.15, 0.2) is 0 Å². The minimum absolute atomic E-state index is 0.0157. The summed E-state index contributed by atoms with van der Waals surface area (Å²) in [5.74, 6) is 3.69. The molecule has 138 valence electrons. The van der Waals surface area contributed by atoms with Crippen LogP contribution in [0, 0.1) is 0 Å². The van der Waals surface area contributed by atoms with E-state index in [1.54, 1.807) is 11.8 Å². The molecule has 0 bridgehead atoms. The normalized spacial score (nSPS) is 20.8. The van der Waals surface area contributed by atoms with Gasteiger partial charge in [0.05, 0.1) is 5.25 Å². The maximum atomic E-state index is 12.9. The van der Waals surface area contributed by atoms with E-state index in [4.69, 9.17) is 0 Å². The fourth-order valence-corrected chi connectivity index (χ4v) is 4.91. The van der Waals surface area contributed by atoms with Crippen LogP contribution in [0.4, 0.5) is 0 Å². The number of thioether (sulfide) groups is 1. The molecule has 0 spiro atoms. The first-order chi connectivity index (χ1) is 12.7. The van der Waals surface area contributed by atoms with Gasteiger partial charge in [-0.2, -0.15) is 0 Å². The van der Waals surface area contributed by atoms with Gasteiger partial charge in [0, 0.05) is 37.7 Å². The summed E-state index contributed by atoms with van der Waals surface area (Å²) in [6.07, 6.45) is 4.36. The molecule has 1 amide bonds. The second-order valence-corrected chi connectivity index (χ2v) is 8.62. The number of carbonyl (C=O) groups excluding carboxylic acids is 1. The topological polar surface area (TPSA) is 51.0 Å². The maximum absolute atomic E-state index is 12.9. The molecule has 5 nitrogen and oxygen atoms in total. The van der Waals surface area contributed by atoms with Crippen LogP contribution in [-0.2, 0) is 23.5 Å². The number of rotatable bonds is 5. The standard InChI is InChI=1S/C20H26N4OS/c1-15(26-14-16-7-3-2-4-8-16)20(25)23-11-5-9-17(13-23)19-22-21-18-10-6-12-24(18)19/h2-4,7-8,15,17H,5-6,9-14H2,1H3/t15-,17-/m0/s1. The molecule has 2 atom stereocenters. The molecule has 1 aromatic carbocycles. The van der Waals surface area contributed by atoms with Crippen molar-refractivity contribution in [1.82, 2.24) is 19.7 Å². The molecular weight excluding hydrogens is 344 g/mol. The first kappa shape index (κ1) is 17.6. The fourth-order valence-electron chi connectivity index (χ4n) is 3.99. The van der Waals surface area contributed by atoms with Gasteiger partial charge in [-0.15, -0.1) is 22.0 Å². The van der Waals surface area contributed by atoms with Crippen molar-refractivity contribution in [2.75, 3.05) is 13.1 Å². The molecule has 3 heterocycles. The lowest BCUT2D eigenvalue weighted by atomic mass is 9.97. The zero-order chi connectivity index (χ0) is 17.9. The molecule has 2 aromatic rings. The highest BCUT2D eigenvalue weighted by Gasteiger charge is 2.31. The number of fused-ring (bicyclic) bond motifs is 1. The van der Waals surface area contributed by atoms with E-state index in [2.05, 4.69) is 39.0 Å². The summed E-state index contributed by atoms with van der Waals surface area (Å²) in [6.45, 7) is 4.72. The number of piperidine rings is 1. The molecular formula is C20H26N4OS. The average molecular weight is 371 g/mol. The quantitative estimate of drug-likeness (QED) is 0.811. The van der Waals surface area contributed by atoms with Crippen molar-refractivity contribution in [3.05, 3.63) is 47.5 Å². The van der Waals surface area contributed by atoms with E-state index < -0.39 is 0 Å². The zero-order valence-corrected chi connectivity index (χ0v) is 16.1. The Balaban J connectivity index is 1.36. The second-order valence-electron chi connectivity index (χ2n) is 7.29. The third-order valence-corrected chi connectivity index (χ3v) is 6.63. The Labute approximate surface area is 159 Å². The Hall–Kier alpha value is -1.82. The van der Waals surface area contributed by atoms with Crippen molar-refractivity contribution in [3.8, 4) is 0 Å². The van der Waals surface area contributed by atoms with Crippen molar-refractivity contribution in [2.45, 2.75) is 56.1 Å². The predicted molar refractivity (Wildman–Crippen MR) is 104 cm³/mol. The Morgan fingerprint density at radius 2 is 2.08 bits per heavy atom. The van der Waals surface area contributed by atoms with E-state index in [9.17, 15) is 4.79 Å². The Kier molecular flexibility index (Phi) is 5.29. The van der Waals surface area contributed by atoms with E-state index >= 15 is 0 Å². The van der Waals surface area contributed by atoms with Crippen LogP contribution in [0.1, 0.15) is 49.3 Å². The minimum atomic E-state index is -0.0157. The lowest BCUT2D eigenvalue weighted by molar-refractivity contribution is -0.131. The largest absolute Gasteiger partial charge is 0.341 e. The van der Waals surface area contributed by atoms with Crippen molar-refractivity contribution < 1.29 is 4.79 Å². The molecule has 2 aliphatic heterocycles. The first-order valence-electron chi connectivity index (χ1n) is 9.58. The monoisotopic (exact) mass is 370 g/mol. The van der Waals surface area contributed by atoms with Crippen LogP contribution in [0.3, 0.4) is 0 Å². The SMILES string of the molecule is C[C@H](SCc1ccccc1)C(=O)N1CCC[C@H](c2nnc3n2CCC3)C1. The second kappa shape index (κ2) is 7.82. The highest BCUT2D eigenvalue weighted by Crippen LogP contribution is 2.30. The highest BCUT2D eigenvalue weighted by atomic mass is 32.2. The van der Waals surface area contributed by atoms with Gasteiger partial charge in [-0.1, -0.05) is 30.3 Å². The molecule has 0 N–H and O–H groups in total. The number of hydrogen-bond acceptors (Lipinski definition) is 4. The Morgan fingerprint density at radius 1 is 1.23 bits per heavy atom. The molecule has 1 fully saturated rings. The summed E-state index contributed by atoms with van der Waals surface area (Å²) in [4.78, 5) is 15.0. The van der Waals surface area contributed by atoms with Crippen LogP contribution in [0.15, 0.2) is 30.3 Å². The van der Waals surface area contributed by atoms with Crippen molar-refractivity contribution in [3.63, 3.8) is 0 Å². The van der Waals surface area contributed by atoms with E-state index in [0.717, 1.165) is 56.3 Å². The van der Waals surface area contributed by atoms with Gasteiger partial charge >= 0.3 is 0 Å². The van der Waals surface area contributed by atoms with Crippen LogP contribution in [0.2, 0.25) is 0 Å². The van der Waals surface area contributed by atoms with Gasteiger partial charge in [0.25, 0.3) is 0 Å². The third-order valence-electron chi connectivity index (χ3n) is 5.43.